The zero-order chi connectivity index (χ0) is 35.0. The van der Waals surface area contributed by atoms with Crippen molar-refractivity contribution in [1.29, 1.82) is 0 Å². The molecule has 2 fully saturated rings. The van der Waals surface area contributed by atoms with Gasteiger partial charge in [0.25, 0.3) is 0 Å². The smallest absolute Gasteiger partial charge is 0.229 e. The van der Waals surface area contributed by atoms with Crippen LogP contribution in [0.25, 0.3) is 21.9 Å². The number of rotatable bonds is 9. The molecule has 2 aromatic carbocycles. The topological polar surface area (TPSA) is 218 Å². The molecule has 5 rings (SSSR count). The highest BCUT2D eigenvalue weighted by molar-refractivity contribution is 5.98. The average molecular weight is 675 g/mol. The van der Waals surface area contributed by atoms with Crippen LogP contribution < -0.4 is 19.6 Å². The van der Waals surface area contributed by atoms with Crippen LogP contribution >= 0.6 is 0 Å². The largest absolute Gasteiger partial charge is 0.507 e. The van der Waals surface area contributed by atoms with Gasteiger partial charge < -0.3 is 63.8 Å². The standard InChI is InChI=1S/C34H42O14/c1-14(2)6-8-16-20(47-33-30(41)27(38)18(35)12-44-33)10-22-25(26(16)37)29(40)24-17(9-7-15(3)4)32(43-5)23(11-21(24)46-22)48-34-31(42)28(39)19(36)13-45-34/h6-7,10-11,18-19,27-28,30-31,33-39,41-42H,8-9,12-13H2,1-5H3/t18-,19-,27+,28+,30?,31?,33+,34+/m1/s1. The first-order valence-electron chi connectivity index (χ1n) is 15.5. The molecular formula is C34H42O14. The van der Waals surface area contributed by atoms with E-state index in [1.807, 2.05) is 33.8 Å². The number of aliphatic hydroxyl groups excluding tert-OH is 6. The molecule has 0 radical (unpaired) electrons. The summed E-state index contributed by atoms with van der Waals surface area (Å²) in [4.78, 5) is 14.4. The van der Waals surface area contributed by atoms with Crippen molar-refractivity contribution in [2.24, 2.45) is 0 Å². The third-order valence-corrected chi connectivity index (χ3v) is 8.34. The summed E-state index contributed by atoms with van der Waals surface area (Å²) in [7, 11) is 1.37. The van der Waals surface area contributed by atoms with E-state index in [4.69, 9.17) is 28.1 Å². The molecule has 8 atom stereocenters. The van der Waals surface area contributed by atoms with Gasteiger partial charge in [-0.05, 0) is 40.5 Å². The fraction of sp³-hybridized carbons (Fsp3) is 0.500. The van der Waals surface area contributed by atoms with Gasteiger partial charge in [-0.1, -0.05) is 23.3 Å². The molecule has 0 aliphatic carbocycles. The number of ether oxygens (including phenoxy) is 5. The Hall–Kier alpha value is -3.73. The Labute approximate surface area is 275 Å². The quantitative estimate of drug-likeness (QED) is 0.126. The van der Waals surface area contributed by atoms with Gasteiger partial charge in [0.05, 0.1) is 25.7 Å². The van der Waals surface area contributed by atoms with Crippen LogP contribution in [-0.2, 0) is 22.3 Å². The normalized spacial score (nSPS) is 27.5. The molecule has 0 spiro atoms. The van der Waals surface area contributed by atoms with E-state index in [1.165, 1.54) is 19.2 Å². The van der Waals surface area contributed by atoms with E-state index in [-0.39, 0.29) is 70.8 Å². The van der Waals surface area contributed by atoms with Crippen LogP contribution in [0.5, 0.6) is 23.0 Å². The Morgan fingerprint density at radius 1 is 0.750 bits per heavy atom. The zero-order valence-corrected chi connectivity index (χ0v) is 27.2. The van der Waals surface area contributed by atoms with Crippen molar-refractivity contribution in [2.45, 2.75) is 89.7 Å². The number of methoxy groups -OCH3 is 1. The number of fused-ring (bicyclic) bond motifs is 2. The lowest BCUT2D eigenvalue weighted by Crippen LogP contribution is -2.54. The first-order chi connectivity index (χ1) is 22.7. The summed E-state index contributed by atoms with van der Waals surface area (Å²) in [5, 5.41) is 72.8. The molecule has 1 aromatic heterocycles. The van der Waals surface area contributed by atoms with Crippen molar-refractivity contribution in [3.05, 3.63) is 56.8 Å². The summed E-state index contributed by atoms with van der Waals surface area (Å²) in [6.07, 6.45) is -7.86. The van der Waals surface area contributed by atoms with Gasteiger partial charge in [0.15, 0.2) is 11.5 Å². The predicted molar refractivity (Wildman–Crippen MR) is 171 cm³/mol. The Morgan fingerprint density at radius 3 is 1.75 bits per heavy atom. The second kappa shape index (κ2) is 14.4. The molecule has 3 aromatic rings. The summed E-state index contributed by atoms with van der Waals surface area (Å²) in [5.41, 5.74) is 1.72. The lowest BCUT2D eigenvalue weighted by molar-refractivity contribution is -0.242. The summed E-state index contributed by atoms with van der Waals surface area (Å²) >= 11 is 0. The van der Waals surface area contributed by atoms with Gasteiger partial charge in [-0.15, -0.1) is 0 Å². The molecule has 48 heavy (non-hydrogen) atoms. The Balaban J connectivity index is 1.73. The number of allylic oxidation sites excluding steroid dienone is 4. The van der Waals surface area contributed by atoms with E-state index in [9.17, 15) is 40.5 Å². The molecule has 262 valence electrons. The number of aromatic hydroxyl groups is 1. The maximum absolute atomic E-state index is 14.4. The van der Waals surface area contributed by atoms with Crippen molar-refractivity contribution in [3.63, 3.8) is 0 Å². The third kappa shape index (κ3) is 6.88. The van der Waals surface area contributed by atoms with Crippen LogP contribution in [0.4, 0.5) is 0 Å². The molecular weight excluding hydrogens is 632 g/mol. The Morgan fingerprint density at radius 2 is 1.23 bits per heavy atom. The van der Waals surface area contributed by atoms with E-state index in [1.54, 1.807) is 6.08 Å². The van der Waals surface area contributed by atoms with Gasteiger partial charge >= 0.3 is 0 Å². The van der Waals surface area contributed by atoms with Crippen molar-refractivity contribution < 1.29 is 63.8 Å². The molecule has 0 saturated carbocycles. The maximum Gasteiger partial charge on any atom is 0.229 e. The highest BCUT2D eigenvalue weighted by atomic mass is 16.7. The van der Waals surface area contributed by atoms with E-state index in [2.05, 4.69) is 0 Å². The number of aliphatic hydroxyl groups is 6. The molecule has 2 aliphatic heterocycles. The molecule has 0 amide bonds. The van der Waals surface area contributed by atoms with Gasteiger partial charge in [-0.2, -0.15) is 0 Å². The summed E-state index contributed by atoms with van der Waals surface area (Å²) in [6.45, 7) is 6.83. The molecule has 3 heterocycles. The first kappa shape index (κ1) is 35.6. The Kier molecular flexibility index (Phi) is 10.7. The highest BCUT2D eigenvalue weighted by Crippen LogP contribution is 2.43. The monoisotopic (exact) mass is 674 g/mol. The van der Waals surface area contributed by atoms with Gasteiger partial charge in [0.2, 0.25) is 18.0 Å². The van der Waals surface area contributed by atoms with Crippen molar-refractivity contribution in [1.82, 2.24) is 0 Å². The minimum atomic E-state index is -1.63. The minimum absolute atomic E-state index is 0.00411. The van der Waals surface area contributed by atoms with E-state index >= 15 is 0 Å². The lowest BCUT2D eigenvalue weighted by Gasteiger charge is -2.35. The number of benzene rings is 2. The number of phenols is 1. The Bertz CT molecular complexity index is 1770. The molecule has 14 nitrogen and oxygen atoms in total. The van der Waals surface area contributed by atoms with Crippen LogP contribution in [0.3, 0.4) is 0 Å². The fourth-order valence-corrected chi connectivity index (χ4v) is 5.64. The van der Waals surface area contributed by atoms with Crippen LogP contribution in [0.1, 0.15) is 38.8 Å². The predicted octanol–water partition coefficient (Wildman–Crippen LogP) is 1.31. The second-order valence-corrected chi connectivity index (χ2v) is 12.5. The van der Waals surface area contributed by atoms with Gasteiger partial charge in [0, 0.05) is 23.3 Å². The molecule has 7 N–H and O–H groups in total. The summed E-state index contributed by atoms with van der Waals surface area (Å²) < 4.78 is 34.7. The van der Waals surface area contributed by atoms with Crippen molar-refractivity contribution >= 4 is 21.9 Å². The molecule has 0 bridgehead atoms. The second-order valence-electron chi connectivity index (χ2n) is 12.5. The summed E-state index contributed by atoms with van der Waals surface area (Å²) in [5.74, 6) is -0.310. The fourth-order valence-electron chi connectivity index (χ4n) is 5.64. The van der Waals surface area contributed by atoms with Gasteiger partial charge in [-0.25, -0.2) is 0 Å². The average Bonchev–Trinajstić information content (AvgIpc) is 3.03. The van der Waals surface area contributed by atoms with E-state index in [0.717, 1.165) is 11.1 Å². The molecule has 2 saturated heterocycles. The van der Waals surface area contributed by atoms with Gasteiger partial charge in [0.1, 0.15) is 64.7 Å². The molecule has 2 aliphatic rings. The molecule has 14 heteroatoms. The van der Waals surface area contributed by atoms with E-state index in [0.29, 0.717) is 5.56 Å². The molecule has 2 unspecified atom stereocenters. The van der Waals surface area contributed by atoms with Crippen LogP contribution in [0.15, 0.2) is 44.6 Å². The third-order valence-electron chi connectivity index (χ3n) is 8.34. The highest BCUT2D eigenvalue weighted by Gasteiger charge is 2.41. The minimum Gasteiger partial charge on any atom is -0.507 e. The number of hydrogen-bond acceptors (Lipinski definition) is 14. The zero-order valence-electron chi connectivity index (χ0n) is 27.2. The van der Waals surface area contributed by atoms with Crippen LogP contribution in [0.2, 0.25) is 0 Å². The van der Waals surface area contributed by atoms with Crippen LogP contribution in [-0.4, -0.2) is 105 Å². The maximum atomic E-state index is 14.4. The SMILES string of the molecule is COc1c(O[C@@H]2OC[C@@H](O)[C@H](O)C2O)cc2oc3cc(O[C@@H]4OC[C@@H](O)[C@H](O)C4O)c(CC=C(C)C)c(O)c3c(=O)c2c1CC=C(C)C. The van der Waals surface area contributed by atoms with Crippen molar-refractivity contribution in [2.75, 3.05) is 20.3 Å². The van der Waals surface area contributed by atoms with Crippen molar-refractivity contribution in [3.8, 4) is 23.0 Å². The van der Waals surface area contributed by atoms with Gasteiger partial charge in [-0.3, -0.25) is 4.79 Å². The number of phenolic OH excluding ortho intramolecular Hbond substituents is 1. The summed E-state index contributed by atoms with van der Waals surface area (Å²) in [6, 6.07) is 2.72. The van der Waals surface area contributed by atoms with Crippen LogP contribution in [0, 0.1) is 0 Å². The van der Waals surface area contributed by atoms with E-state index < -0.39 is 60.4 Å². The first-order valence-corrected chi connectivity index (χ1v) is 15.5. The number of hydrogen-bond donors (Lipinski definition) is 7. The lowest BCUT2D eigenvalue weighted by atomic mass is 9.98.